The van der Waals surface area contributed by atoms with Crippen LogP contribution >= 0.6 is 0 Å². The summed E-state index contributed by atoms with van der Waals surface area (Å²) in [6, 6.07) is 0. The van der Waals surface area contributed by atoms with Crippen LogP contribution in [0.4, 0.5) is 0 Å². The van der Waals surface area contributed by atoms with Gasteiger partial charge in [-0.25, -0.2) is 0 Å². The Morgan fingerprint density at radius 2 is 1.38 bits per heavy atom. The molecule has 1 fully saturated rings. The summed E-state index contributed by atoms with van der Waals surface area (Å²) in [6.07, 6.45) is 11.2. The zero-order valence-corrected chi connectivity index (χ0v) is 7.74. The summed E-state index contributed by atoms with van der Waals surface area (Å²) in [5, 5.41) is 18.9. The van der Waals surface area contributed by atoms with Crippen molar-refractivity contribution in [1.29, 1.82) is 0 Å². The van der Waals surface area contributed by atoms with Crippen molar-refractivity contribution >= 4 is 0 Å². The highest BCUT2D eigenvalue weighted by atomic mass is 16.3. The first kappa shape index (κ1) is 8.97. The van der Waals surface area contributed by atoms with E-state index < -0.39 is 0 Å². The third-order valence-corrected chi connectivity index (χ3v) is 3.74. The Morgan fingerprint density at radius 3 is 1.77 bits per heavy atom. The molecule has 2 heteroatoms. The second-order valence-corrected chi connectivity index (χ2v) is 4.20. The van der Waals surface area contributed by atoms with Gasteiger partial charge in [-0.15, -0.1) is 0 Å². The number of hydrogen-bond acceptors (Lipinski definition) is 2. The average molecular weight is 180 g/mol. The molecule has 1 saturated carbocycles. The van der Waals surface area contributed by atoms with Gasteiger partial charge in [0.2, 0.25) is 0 Å². The quantitative estimate of drug-likeness (QED) is 0.671. The van der Waals surface area contributed by atoms with E-state index in [2.05, 4.69) is 12.2 Å². The highest BCUT2D eigenvalue weighted by molar-refractivity contribution is 5.28. The minimum atomic E-state index is -0.184. The summed E-state index contributed by atoms with van der Waals surface area (Å²) in [6.45, 7) is 0.294. The summed E-state index contributed by atoms with van der Waals surface area (Å²) >= 11 is 0. The van der Waals surface area contributed by atoms with Gasteiger partial charge >= 0.3 is 0 Å². The Bertz CT molecular complexity index is 231. The molecule has 2 atom stereocenters. The first-order valence-corrected chi connectivity index (χ1v) is 4.87. The van der Waals surface area contributed by atoms with Crippen LogP contribution in [0.25, 0.3) is 0 Å². The third kappa shape index (κ3) is 1.02. The molecule has 0 aromatic rings. The molecular weight excluding hydrogens is 164 g/mol. The maximum atomic E-state index is 9.45. The van der Waals surface area contributed by atoms with Crippen molar-refractivity contribution in [2.24, 2.45) is 10.8 Å². The molecule has 2 aliphatic rings. The zero-order chi connectivity index (χ0) is 9.36. The average Bonchev–Trinajstić information content (AvgIpc) is 2.58. The van der Waals surface area contributed by atoms with E-state index in [0.29, 0.717) is 0 Å². The van der Waals surface area contributed by atoms with Crippen LogP contribution in [0, 0.1) is 10.8 Å². The number of allylic oxidation sites excluding steroid dienone is 2. The minimum absolute atomic E-state index is 0.147. The first-order valence-electron chi connectivity index (χ1n) is 4.87. The number of aliphatic hydroxyl groups excluding tert-OH is 2. The molecule has 0 heterocycles. The molecule has 2 N–H and O–H groups in total. The van der Waals surface area contributed by atoms with Crippen molar-refractivity contribution in [3.8, 4) is 0 Å². The van der Waals surface area contributed by atoms with Gasteiger partial charge in [-0.1, -0.05) is 30.7 Å². The maximum Gasteiger partial charge on any atom is 0.0531 e. The Morgan fingerprint density at radius 1 is 0.923 bits per heavy atom. The van der Waals surface area contributed by atoms with Crippen molar-refractivity contribution in [2.45, 2.75) is 19.3 Å². The highest BCUT2D eigenvalue weighted by Crippen LogP contribution is 2.55. The highest BCUT2D eigenvalue weighted by Gasteiger charge is 2.51. The molecule has 13 heavy (non-hydrogen) atoms. The van der Waals surface area contributed by atoms with Gasteiger partial charge < -0.3 is 10.2 Å². The van der Waals surface area contributed by atoms with Gasteiger partial charge in [-0.2, -0.15) is 0 Å². The summed E-state index contributed by atoms with van der Waals surface area (Å²) in [4.78, 5) is 0. The lowest BCUT2D eigenvalue weighted by Crippen LogP contribution is -2.41. The van der Waals surface area contributed by atoms with Crippen molar-refractivity contribution in [3.05, 3.63) is 24.3 Å². The maximum absolute atomic E-state index is 9.45. The molecule has 72 valence electrons. The van der Waals surface area contributed by atoms with E-state index in [-0.39, 0.29) is 24.0 Å². The second-order valence-electron chi connectivity index (χ2n) is 4.20. The Kier molecular flexibility index (Phi) is 2.05. The molecule has 2 rings (SSSR count). The number of hydrogen-bond donors (Lipinski definition) is 2. The Labute approximate surface area is 78.6 Å². The van der Waals surface area contributed by atoms with Crippen molar-refractivity contribution in [1.82, 2.24) is 0 Å². The lowest BCUT2D eigenvalue weighted by molar-refractivity contribution is 0.0352. The topological polar surface area (TPSA) is 40.5 Å². The van der Waals surface area contributed by atoms with Gasteiger partial charge in [0.15, 0.2) is 0 Å². The van der Waals surface area contributed by atoms with Crippen LogP contribution in [0.1, 0.15) is 19.3 Å². The predicted molar refractivity (Wildman–Crippen MR) is 51.2 cm³/mol. The molecule has 0 amide bonds. The molecule has 0 aliphatic heterocycles. The summed E-state index contributed by atoms with van der Waals surface area (Å²) in [5.41, 5.74) is -0.368. The van der Waals surface area contributed by atoms with Gasteiger partial charge in [0.1, 0.15) is 0 Å². The molecule has 2 aliphatic carbocycles. The van der Waals surface area contributed by atoms with E-state index in [1.807, 2.05) is 12.2 Å². The third-order valence-electron chi connectivity index (χ3n) is 3.74. The number of aliphatic hydroxyl groups is 2. The molecule has 0 aromatic carbocycles. The van der Waals surface area contributed by atoms with E-state index in [0.717, 1.165) is 19.3 Å². The first-order chi connectivity index (χ1) is 6.29. The fourth-order valence-corrected chi connectivity index (χ4v) is 2.77. The van der Waals surface area contributed by atoms with Crippen molar-refractivity contribution < 1.29 is 10.2 Å². The molecule has 0 unspecified atom stereocenters. The van der Waals surface area contributed by atoms with Crippen molar-refractivity contribution in [3.63, 3.8) is 0 Å². The lowest BCUT2D eigenvalue weighted by Gasteiger charge is -2.41. The number of rotatable bonds is 2. The monoisotopic (exact) mass is 180 g/mol. The molecule has 0 bridgehead atoms. The largest absolute Gasteiger partial charge is 0.395 e. The summed E-state index contributed by atoms with van der Waals surface area (Å²) in [7, 11) is 0. The minimum Gasteiger partial charge on any atom is -0.395 e. The van der Waals surface area contributed by atoms with Gasteiger partial charge in [0, 0.05) is 10.8 Å². The normalized spacial score (nSPS) is 42.3. The van der Waals surface area contributed by atoms with Crippen LogP contribution in [0.2, 0.25) is 0 Å². The van der Waals surface area contributed by atoms with E-state index in [9.17, 15) is 10.2 Å². The Balaban J connectivity index is 2.41. The van der Waals surface area contributed by atoms with Gasteiger partial charge in [0.05, 0.1) is 13.2 Å². The van der Waals surface area contributed by atoms with Crippen LogP contribution in [0.15, 0.2) is 24.3 Å². The molecule has 0 saturated heterocycles. The van der Waals surface area contributed by atoms with E-state index >= 15 is 0 Å². The van der Waals surface area contributed by atoms with Gasteiger partial charge in [-0.05, 0) is 12.8 Å². The molecule has 0 spiro atoms. The molecular formula is C11H16O2. The molecule has 2 nitrogen and oxygen atoms in total. The second kappa shape index (κ2) is 2.96. The number of fused-ring (bicyclic) bond motifs is 1. The van der Waals surface area contributed by atoms with Gasteiger partial charge in [0.25, 0.3) is 0 Å². The van der Waals surface area contributed by atoms with Gasteiger partial charge in [-0.3, -0.25) is 0 Å². The molecule has 0 radical (unpaired) electrons. The van der Waals surface area contributed by atoms with Crippen LogP contribution in [-0.2, 0) is 0 Å². The van der Waals surface area contributed by atoms with Crippen molar-refractivity contribution in [2.75, 3.05) is 13.2 Å². The van der Waals surface area contributed by atoms with E-state index in [1.54, 1.807) is 0 Å². The summed E-state index contributed by atoms with van der Waals surface area (Å²) in [5.74, 6) is 0. The fraction of sp³-hybridized carbons (Fsp3) is 0.636. The predicted octanol–water partition coefficient (Wildman–Crippen LogP) is 1.25. The van der Waals surface area contributed by atoms with Crippen LogP contribution < -0.4 is 0 Å². The zero-order valence-electron chi connectivity index (χ0n) is 7.74. The molecule has 0 aromatic heterocycles. The lowest BCUT2D eigenvalue weighted by atomic mass is 9.64. The smallest absolute Gasteiger partial charge is 0.0531 e. The van der Waals surface area contributed by atoms with E-state index in [1.165, 1.54) is 0 Å². The van der Waals surface area contributed by atoms with Crippen LogP contribution in [0.5, 0.6) is 0 Å². The van der Waals surface area contributed by atoms with Crippen LogP contribution in [0.3, 0.4) is 0 Å². The van der Waals surface area contributed by atoms with Crippen LogP contribution in [-0.4, -0.2) is 23.4 Å². The fourth-order valence-electron chi connectivity index (χ4n) is 2.77. The standard InChI is InChI=1S/C11H16O2/c12-8-10-4-1-2-5-11(10,9-13)7-3-6-10/h1-2,4-5,12-13H,3,6-9H2/t10-,11+. The SMILES string of the molecule is OC[C@]12C=CC=C[C@@]1(CO)CCC2. The summed E-state index contributed by atoms with van der Waals surface area (Å²) < 4.78 is 0. The van der Waals surface area contributed by atoms with E-state index in [4.69, 9.17) is 0 Å². The Hall–Kier alpha value is -0.600.